The molecular weight excluding hydrogens is 233 g/mol. The SMILES string of the molecule is NS(=O)(=O)c1ccc(S(=O)O)c(F)c1. The highest BCUT2D eigenvalue weighted by Crippen LogP contribution is 2.15. The third-order valence-electron chi connectivity index (χ3n) is 1.42. The Morgan fingerprint density at radius 3 is 2.36 bits per heavy atom. The van der Waals surface area contributed by atoms with Crippen molar-refractivity contribution < 1.29 is 21.6 Å². The average Bonchev–Trinajstić information content (AvgIpc) is 2.01. The van der Waals surface area contributed by atoms with Crippen LogP contribution in [0.15, 0.2) is 28.0 Å². The Morgan fingerprint density at radius 1 is 1.43 bits per heavy atom. The van der Waals surface area contributed by atoms with Gasteiger partial charge in [-0.1, -0.05) is 0 Å². The van der Waals surface area contributed by atoms with E-state index in [1.165, 1.54) is 0 Å². The van der Waals surface area contributed by atoms with E-state index in [4.69, 9.17) is 9.69 Å². The molecule has 1 aromatic rings. The number of nitrogens with two attached hydrogens (primary N) is 1. The minimum atomic E-state index is -3.99. The van der Waals surface area contributed by atoms with Gasteiger partial charge in [0.2, 0.25) is 10.0 Å². The lowest BCUT2D eigenvalue weighted by Crippen LogP contribution is -2.12. The largest absolute Gasteiger partial charge is 0.302 e. The van der Waals surface area contributed by atoms with Gasteiger partial charge in [0.25, 0.3) is 0 Å². The molecule has 5 nitrogen and oxygen atoms in total. The molecule has 78 valence electrons. The molecule has 0 aliphatic heterocycles. The molecule has 0 radical (unpaired) electrons. The van der Waals surface area contributed by atoms with E-state index in [0.717, 1.165) is 12.1 Å². The van der Waals surface area contributed by atoms with Crippen LogP contribution in [0.25, 0.3) is 0 Å². The second kappa shape index (κ2) is 3.73. The Labute approximate surface area is 82.1 Å². The highest BCUT2D eigenvalue weighted by molar-refractivity contribution is 7.89. The van der Waals surface area contributed by atoms with Crippen LogP contribution in [0.3, 0.4) is 0 Å². The Hall–Kier alpha value is -0.830. The third-order valence-corrected chi connectivity index (χ3v) is 3.04. The van der Waals surface area contributed by atoms with Gasteiger partial charge in [0, 0.05) is 0 Å². The molecule has 8 heteroatoms. The van der Waals surface area contributed by atoms with Crippen LogP contribution in [0.2, 0.25) is 0 Å². The van der Waals surface area contributed by atoms with Crippen LogP contribution in [-0.4, -0.2) is 17.2 Å². The molecule has 14 heavy (non-hydrogen) atoms. The Morgan fingerprint density at radius 2 is 2.00 bits per heavy atom. The number of sulfonamides is 1. The number of rotatable bonds is 2. The topological polar surface area (TPSA) is 97.5 Å². The zero-order valence-corrected chi connectivity index (χ0v) is 8.31. The molecule has 1 rings (SSSR count). The van der Waals surface area contributed by atoms with Crippen molar-refractivity contribution in [3.8, 4) is 0 Å². The predicted molar refractivity (Wildman–Crippen MR) is 46.8 cm³/mol. The summed E-state index contributed by atoms with van der Waals surface area (Å²) in [6.07, 6.45) is 0. The highest BCUT2D eigenvalue weighted by Gasteiger charge is 2.13. The molecule has 1 unspecified atom stereocenters. The lowest BCUT2D eigenvalue weighted by atomic mass is 10.3. The predicted octanol–water partition coefficient (Wildman–Crippen LogP) is 0.0537. The summed E-state index contributed by atoms with van der Waals surface area (Å²) in [6, 6.07) is 2.45. The average molecular weight is 239 g/mol. The van der Waals surface area contributed by atoms with E-state index in [-0.39, 0.29) is 0 Å². The van der Waals surface area contributed by atoms with Crippen molar-refractivity contribution in [1.82, 2.24) is 0 Å². The minimum Gasteiger partial charge on any atom is -0.302 e. The van der Waals surface area contributed by atoms with Gasteiger partial charge >= 0.3 is 0 Å². The maximum Gasteiger partial charge on any atom is 0.238 e. The summed E-state index contributed by atoms with van der Waals surface area (Å²) in [4.78, 5) is -0.929. The van der Waals surface area contributed by atoms with E-state index in [9.17, 15) is 17.0 Å². The molecule has 0 bridgehead atoms. The molecule has 0 spiro atoms. The van der Waals surface area contributed by atoms with Gasteiger partial charge in [0.05, 0.1) is 4.90 Å². The van der Waals surface area contributed by atoms with E-state index < -0.39 is 36.7 Å². The van der Waals surface area contributed by atoms with Crippen LogP contribution >= 0.6 is 0 Å². The van der Waals surface area contributed by atoms with Gasteiger partial charge in [-0.25, -0.2) is 22.2 Å². The van der Waals surface area contributed by atoms with Gasteiger partial charge in [-0.15, -0.1) is 0 Å². The number of hydrogen-bond acceptors (Lipinski definition) is 3. The zero-order valence-electron chi connectivity index (χ0n) is 6.68. The summed E-state index contributed by atoms with van der Waals surface area (Å²) in [5, 5.41) is 4.72. The fourth-order valence-electron chi connectivity index (χ4n) is 0.800. The van der Waals surface area contributed by atoms with Gasteiger partial charge in [0.15, 0.2) is 11.1 Å². The molecule has 0 saturated carbocycles. The fourth-order valence-corrected chi connectivity index (χ4v) is 1.74. The first kappa shape index (κ1) is 11.2. The summed E-state index contributed by atoms with van der Waals surface area (Å²) in [5.41, 5.74) is 0. The van der Waals surface area contributed by atoms with Crippen LogP contribution in [-0.2, 0) is 21.1 Å². The zero-order chi connectivity index (χ0) is 10.9. The Bertz CT molecular complexity index is 485. The van der Waals surface area contributed by atoms with Crippen LogP contribution in [0.5, 0.6) is 0 Å². The Kier molecular flexibility index (Phi) is 3.00. The molecule has 0 aromatic heterocycles. The van der Waals surface area contributed by atoms with E-state index in [1.807, 2.05) is 0 Å². The molecule has 0 fully saturated rings. The molecule has 0 aliphatic carbocycles. The van der Waals surface area contributed by atoms with E-state index in [1.54, 1.807) is 0 Å². The number of primary sulfonamides is 1. The standard InChI is InChI=1S/C6H6FNO4S2/c7-5-3-4(14(8,11)12)1-2-6(5)13(9)10/h1-3H,(H,9,10)(H2,8,11,12). The summed E-state index contributed by atoms with van der Waals surface area (Å²) < 4.78 is 53.5. The summed E-state index contributed by atoms with van der Waals surface area (Å²) in [6.45, 7) is 0. The summed E-state index contributed by atoms with van der Waals surface area (Å²) >= 11 is -2.49. The normalized spacial score (nSPS) is 13.9. The van der Waals surface area contributed by atoms with Crippen LogP contribution in [0.1, 0.15) is 0 Å². The van der Waals surface area contributed by atoms with E-state index in [0.29, 0.717) is 6.07 Å². The van der Waals surface area contributed by atoms with Gasteiger partial charge in [-0.2, -0.15) is 0 Å². The van der Waals surface area contributed by atoms with Gasteiger partial charge in [-0.05, 0) is 18.2 Å². The molecular formula is C6H6FNO4S2. The van der Waals surface area contributed by atoms with Crippen molar-refractivity contribution in [2.75, 3.05) is 0 Å². The van der Waals surface area contributed by atoms with E-state index in [2.05, 4.69) is 0 Å². The first-order valence-electron chi connectivity index (χ1n) is 3.25. The lowest BCUT2D eigenvalue weighted by Gasteiger charge is -2.00. The molecule has 1 atom stereocenters. The second-order valence-electron chi connectivity index (χ2n) is 2.39. The molecule has 0 amide bonds. The van der Waals surface area contributed by atoms with Crippen molar-refractivity contribution in [3.05, 3.63) is 24.0 Å². The summed E-state index contributed by atoms with van der Waals surface area (Å²) in [5.74, 6) is -1.09. The molecule has 0 saturated heterocycles. The second-order valence-corrected chi connectivity index (χ2v) is 4.89. The van der Waals surface area contributed by atoms with Crippen LogP contribution < -0.4 is 5.14 Å². The molecule has 0 heterocycles. The van der Waals surface area contributed by atoms with Crippen molar-refractivity contribution in [2.24, 2.45) is 5.14 Å². The van der Waals surface area contributed by atoms with Crippen LogP contribution in [0, 0.1) is 5.82 Å². The van der Waals surface area contributed by atoms with Gasteiger partial charge in [0.1, 0.15) is 10.7 Å². The van der Waals surface area contributed by atoms with Gasteiger partial charge < -0.3 is 4.55 Å². The number of benzene rings is 1. The van der Waals surface area contributed by atoms with Gasteiger partial charge in [-0.3, -0.25) is 0 Å². The van der Waals surface area contributed by atoms with Crippen molar-refractivity contribution in [2.45, 2.75) is 9.79 Å². The highest BCUT2D eigenvalue weighted by atomic mass is 32.2. The minimum absolute atomic E-state index is 0.441. The monoisotopic (exact) mass is 239 g/mol. The molecule has 1 aromatic carbocycles. The van der Waals surface area contributed by atoms with Crippen molar-refractivity contribution >= 4 is 21.1 Å². The summed E-state index contributed by atoms with van der Waals surface area (Å²) in [7, 11) is -3.99. The Balaban J connectivity index is 3.34. The molecule has 3 N–H and O–H groups in total. The van der Waals surface area contributed by atoms with Crippen molar-refractivity contribution in [3.63, 3.8) is 0 Å². The van der Waals surface area contributed by atoms with E-state index >= 15 is 0 Å². The smallest absolute Gasteiger partial charge is 0.238 e. The fraction of sp³-hybridized carbons (Fsp3) is 0. The van der Waals surface area contributed by atoms with Crippen molar-refractivity contribution in [1.29, 1.82) is 0 Å². The first-order chi connectivity index (χ1) is 6.32. The number of hydrogen-bond donors (Lipinski definition) is 2. The van der Waals surface area contributed by atoms with Crippen LogP contribution in [0.4, 0.5) is 4.39 Å². The lowest BCUT2D eigenvalue weighted by molar-refractivity contribution is 0.541. The number of halogens is 1. The molecule has 0 aliphatic rings. The third kappa shape index (κ3) is 2.35. The maximum absolute atomic E-state index is 13.0. The maximum atomic E-state index is 13.0. The quantitative estimate of drug-likeness (QED) is 0.713. The first-order valence-corrected chi connectivity index (χ1v) is 5.91.